The number of amidine groups is 1. The molecule has 0 unspecified atom stereocenters. The third kappa shape index (κ3) is 2.84. The summed E-state index contributed by atoms with van der Waals surface area (Å²) in [4.78, 5) is 14.4. The molecule has 0 aliphatic heterocycles. The summed E-state index contributed by atoms with van der Waals surface area (Å²) in [6.07, 6.45) is 0. The second kappa shape index (κ2) is 5.14. The Morgan fingerprint density at radius 2 is 2.19 bits per heavy atom. The van der Waals surface area contributed by atoms with Crippen LogP contribution in [0.15, 0.2) is 17.1 Å². The highest BCUT2D eigenvalue weighted by molar-refractivity contribution is 6.33. The zero-order valence-electron chi connectivity index (χ0n) is 7.88. The standard InChI is InChI=1S/C9H7Cl2FN2O2/c10-3-8(13)14-7-1-4(9(15)16)6(12)2-5(7)11/h1-2H,3H2,(H2,13,14)(H,15,16). The van der Waals surface area contributed by atoms with Crippen molar-refractivity contribution in [3.05, 3.63) is 28.5 Å². The molecule has 0 spiro atoms. The highest BCUT2D eigenvalue weighted by Gasteiger charge is 2.14. The van der Waals surface area contributed by atoms with Crippen LogP contribution in [-0.4, -0.2) is 22.8 Å². The zero-order valence-corrected chi connectivity index (χ0v) is 9.39. The van der Waals surface area contributed by atoms with Crippen LogP contribution < -0.4 is 5.73 Å². The Bertz CT molecular complexity index is 463. The molecule has 3 N–H and O–H groups in total. The molecule has 0 heterocycles. The van der Waals surface area contributed by atoms with Gasteiger partial charge in [-0.15, -0.1) is 11.6 Å². The summed E-state index contributed by atoms with van der Waals surface area (Å²) in [7, 11) is 0. The molecule has 0 aromatic heterocycles. The lowest BCUT2D eigenvalue weighted by molar-refractivity contribution is 0.0692. The lowest BCUT2D eigenvalue weighted by atomic mass is 10.2. The molecule has 0 saturated heterocycles. The minimum atomic E-state index is -1.41. The van der Waals surface area contributed by atoms with E-state index in [1.807, 2.05) is 0 Å². The van der Waals surface area contributed by atoms with Gasteiger partial charge in [0.15, 0.2) is 0 Å². The first-order valence-electron chi connectivity index (χ1n) is 4.07. The molecule has 0 fully saturated rings. The molecule has 1 aromatic carbocycles. The van der Waals surface area contributed by atoms with Gasteiger partial charge in [-0.25, -0.2) is 14.2 Å². The predicted molar refractivity (Wildman–Crippen MR) is 60.4 cm³/mol. The largest absolute Gasteiger partial charge is 0.478 e. The second-order valence-electron chi connectivity index (χ2n) is 2.83. The van der Waals surface area contributed by atoms with Crippen molar-refractivity contribution in [2.24, 2.45) is 10.7 Å². The zero-order chi connectivity index (χ0) is 12.3. The van der Waals surface area contributed by atoms with E-state index in [4.69, 9.17) is 34.0 Å². The second-order valence-corrected chi connectivity index (χ2v) is 3.50. The molecule has 7 heteroatoms. The van der Waals surface area contributed by atoms with Gasteiger partial charge in [-0.3, -0.25) is 0 Å². The summed E-state index contributed by atoms with van der Waals surface area (Å²) in [5.74, 6) is -2.31. The van der Waals surface area contributed by atoms with Gasteiger partial charge < -0.3 is 10.8 Å². The predicted octanol–water partition coefficient (Wildman–Crippen LogP) is 2.40. The number of hydrogen-bond donors (Lipinski definition) is 2. The molecule has 0 atom stereocenters. The van der Waals surface area contributed by atoms with Crippen molar-refractivity contribution >= 4 is 40.7 Å². The maximum Gasteiger partial charge on any atom is 0.338 e. The summed E-state index contributed by atoms with van der Waals surface area (Å²) in [6, 6.07) is 1.87. The van der Waals surface area contributed by atoms with Crippen LogP contribution in [-0.2, 0) is 0 Å². The Labute approximate surface area is 100 Å². The molecule has 4 nitrogen and oxygen atoms in total. The number of rotatable bonds is 3. The quantitative estimate of drug-likeness (QED) is 0.500. The number of aromatic carboxylic acids is 1. The number of carbonyl (C=O) groups is 1. The van der Waals surface area contributed by atoms with Crippen LogP contribution in [0.25, 0.3) is 0 Å². The Balaban J connectivity index is 3.30. The molecular formula is C9H7Cl2FN2O2. The fourth-order valence-corrected chi connectivity index (χ4v) is 1.22. The maximum absolute atomic E-state index is 13.1. The highest BCUT2D eigenvalue weighted by Crippen LogP contribution is 2.28. The first-order valence-corrected chi connectivity index (χ1v) is 4.98. The number of nitrogens with two attached hydrogens (primary N) is 1. The summed E-state index contributed by atoms with van der Waals surface area (Å²) in [6.45, 7) is 0. The van der Waals surface area contributed by atoms with Crippen molar-refractivity contribution in [2.45, 2.75) is 0 Å². The van der Waals surface area contributed by atoms with E-state index in [1.165, 1.54) is 0 Å². The van der Waals surface area contributed by atoms with Gasteiger partial charge >= 0.3 is 5.97 Å². The summed E-state index contributed by atoms with van der Waals surface area (Å²) >= 11 is 11.1. The molecule has 1 aromatic rings. The van der Waals surface area contributed by atoms with Gasteiger partial charge in [0.25, 0.3) is 0 Å². The van der Waals surface area contributed by atoms with Gasteiger partial charge in [0.2, 0.25) is 0 Å². The maximum atomic E-state index is 13.1. The Hall–Kier alpha value is -1.33. The SMILES string of the molecule is NC(CCl)=Nc1cc(C(=O)O)c(F)cc1Cl. The van der Waals surface area contributed by atoms with Crippen molar-refractivity contribution < 1.29 is 14.3 Å². The Kier molecular flexibility index (Phi) is 4.09. The molecular weight excluding hydrogens is 258 g/mol. The number of carboxylic acid groups (broad SMARTS) is 1. The monoisotopic (exact) mass is 264 g/mol. The normalized spacial score (nSPS) is 11.6. The van der Waals surface area contributed by atoms with E-state index in [0.29, 0.717) is 0 Å². The molecule has 0 aliphatic carbocycles. The fourth-order valence-electron chi connectivity index (χ4n) is 0.972. The average Bonchev–Trinajstić information content (AvgIpc) is 2.21. The molecule has 0 amide bonds. The van der Waals surface area contributed by atoms with E-state index in [0.717, 1.165) is 12.1 Å². The minimum absolute atomic E-state index is 0.0316. The Morgan fingerprint density at radius 3 is 2.69 bits per heavy atom. The molecule has 0 saturated carbocycles. The lowest BCUT2D eigenvalue weighted by Crippen LogP contribution is -2.12. The molecule has 1 rings (SSSR count). The smallest absolute Gasteiger partial charge is 0.338 e. The molecule has 0 aliphatic rings. The fraction of sp³-hybridized carbons (Fsp3) is 0.111. The van der Waals surface area contributed by atoms with Crippen LogP contribution in [0, 0.1) is 5.82 Å². The van der Waals surface area contributed by atoms with Crippen molar-refractivity contribution in [3.63, 3.8) is 0 Å². The van der Waals surface area contributed by atoms with E-state index in [9.17, 15) is 9.18 Å². The van der Waals surface area contributed by atoms with Gasteiger partial charge in [0.1, 0.15) is 11.7 Å². The number of halogens is 3. The van der Waals surface area contributed by atoms with Crippen molar-refractivity contribution in [1.29, 1.82) is 0 Å². The first kappa shape index (κ1) is 12.7. The number of benzene rings is 1. The van der Waals surface area contributed by atoms with Crippen LogP contribution in [0.1, 0.15) is 10.4 Å². The number of alkyl halides is 1. The molecule has 16 heavy (non-hydrogen) atoms. The summed E-state index contributed by atoms with van der Waals surface area (Å²) in [5.41, 5.74) is 4.90. The number of aliphatic imine (C=N–C) groups is 1. The van der Waals surface area contributed by atoms with Crippen LogP contribution >= 0.6 is 23.2 Å². The van der Waals surface area contributed by atoms with Crippen LogP contribution in [0.5, 0.6) is 0 Å². The van der Waals surface area contributed by atoms with Crippen molar-refractivity contribution in [1.82, 2.24) is 0 Å². The lowest BCUT2D eigenvalue weighted by Gasteiger charge is -2.03. The number of nitrogens with zero attached hydrogens (tertiary/aromatic N) is 1. The topological polar surface area (TPSA) is 75.7 Å². The van der Waals surface area contributed by atoms with Gasteiger partial charge in [-0.05, 0) is 12.1 Å². The summed E-state index contributed by atoms with van der Waals surface area (Å²) in [5, 5.41) is 8.65. The molecule has 86 valence electrons. The van der Waals surface area contributed by atoms with E-state index in [-0.39, 0.29) is 22.4 Å². The van der Waals surface area contributed by atoms with Gasteiger partial charge in [-0.1, -0.05) is 11.6 Å². The van der Waals surface area contributed by atoms with Crippen LogP contribution in [0.2, 0.25) is 5.02 Å². The van der Waals surface area contributed by atoms with Crippen LogP contribution in [0.4, 0.5) is 10.1 Å². The number of carboxylic acids is 1. The average molecular weight is 265 g/mol. The van der Waals surface area contributed by atoms with E-state index < -0.39 is 17.3 Å². The van der Waals surface area contributed by atoms with E-state index >= 15 is 0 Å². The van der Waals surface area contributed by atoms with E-state index in [1.54, 1.807) is 0 Å². The van der Waals surface area contributed by atoms with E-state index in [2.05, 4.69) is 4.99 Å². The third-order valence-electron chi connectivity index (χ3n) is 1.67. The summed E-state index contributed by atoms with van der Waals surface area (Å²) < 4.78 is 13.1. The number of hydrogen-bond acceptors (Lipinski definition) is 2. The molecule has 0 radical (unpaired) electrons. The Morgan fingerprint density at radius 1 is 1.56 bits per heavy atom. The van der Waals surface area contributed by atoms with Gasteiger partial charge in [-0.2, -0.15) is 0 Å². The van der Waals surface area contributed by atoms with Gasteiger partial charge in [0.05, 0.1) is 22.2 Å². The van der Waals surface area contributed by atoms with Gasteiger partial charge in [0, 0.05) is 0 Å². The van der Waals surface area contributed by atoms with Crippen molar-refractivity contribution in [2.75, 3.05) is 5.88 Å². The molecule has 0 bridgehead atoms. The van der Waals surface area contributed by atoms with Crippen LogP contribution in [0.3, 0.4) is 0 Å². The minimum Gasteiger partial charge on any atom is -0.478 e. The highest BCUT2D eigenvalue weighted by atomic mass is 35.5. The third-order valence-corrected chi connectivity index (χ3v) is 2.24. The van der Waals surface area contributed by atoms with Crippen molar-refractivity contribution in [3.8, 4) is 0 Å². The first-order chi connectivity index (χ1) is 7.45.